The molecule has 0 radical (unpaired) electrons. The Morgan fingerprint density at radius 1 is 1.18 bits per heavy atom. The molecule has 4 rings (SSSR count). The summed E-state index contributed by atoms with van der Waals surface area (Å²) in [6.45, 7) is 0.659. The molecule has 144 valence electrons. The van der Waals surface area contributed by atoms with Gasteiger partial charge in [0.05, 0.1) is 6.42 Å². The number of nitrogens with one attached hydrogen (secondary N) is 1. The van der Waals surface area contributed by atoms with Crippen LogP contribution >= 0.6 is 0 Å². The first kappa shape index (κ1) is 18.2. The second-order valence-corrected chi connectivity index (χ2v) is 6.81. The van der Waals surface area contributed by atoms with Crippen molar-refractivity contribution >= 4 is 5.91 Å². The van der Waals surface area contributed by atoms with Crippen LogP contribution in [0.1, 0.15) is 24.2 Å². The molecule has 1 unspecified atom stereocenters. The van der Waals surface area contributed by atoms with Crippen molar-refractivity contribution in [1.29, 1.82) is 0 Å². The number of hydrogen-bond acceptors (Lipinski definition) is 4. The van der Waals surface area contributed by atoms with Gasteiger partial charge in [-0.2, -0.15) is 0 Å². The Bertz CT molecular complexity index is 990. The number of fused-ring (bicyclic) bond motifs is 1. The lowest BCUT2D eigenvalue weighted by molar-refractivity contribution is -0.121. The fourth-order valence-corrected chi connectivity index (χ4v) is 3.48. The zero-order valence-corrected chi connectivity index (χ0v) is 15.1. The molecule has 1 aromatic carbocycles. The SMILES string of the molecule is O=C(Cc1cccc(F)c1F)NC1CCc2nnc(-c3cccnc3)n2CC1. The van der Waals surface area contributed by atoms with Gasteiger partial charge >= 0.3 is 0 Å². The van der Waals surface area contributed by atoms with Crippen molar-refractivity contribution in [3.05, 3.63) is 65.7 Å². The predicted octanol–water partition coefficient (Wildman–Crippen LogP) is 2.68. The van der Waals surface area contributed by atoms with Crippen LogP contribution in [-0.4, -0.2) is 31.7 Å². The van der Waals surface area contributed by atoms with E-state index in [2.05, 4.69) is 25.1 Å². The molecule has 0 saturated heterocycles. The summed E-state index contributed by atoms with van der Waals surface area (Å²) < 4.78 is 29.1. The van der Waals surface area contributed by atoms with E-state index >= 15 is 0 Å². The maximum Gasteiger partial charge on any atom is 0.224 e. The molecule has 2 aromatic heterocycles. The van der Waals surface area contributed by atoms with Gasteiger partial charge in [0.15, 0.2) is 17.5 Å². The number of benzene rings is 1. The molecule has 3 heterocycles. The molecular formula is C20H19F2N5O. The van der Waals surface area contributed by atoms with Crippen molar-refractivity contribution in [2.45, 2.75) is 38.3 Å². The van der Waals surface area contributed by atoms with E-state index in [1.165, 1.54) is 12.1 Å². The van der Waals surface area contributed by atoms with Crippen molar-refractivity contribution in [2.24, 2.45) is 0 Å². The van der Waals surface area contributed by atoms with Crippen molar-refractivity contribution in [3.63, 3.8) is 0 Å². The monoisotopic (exact) mass is 383 g/mol. The van der Waals surface area contributed by atoms with Crippen LogP contribution in [-0.2, 0) is 24.2 Å². The molecule has 0 spiro atoms. The topological polar surface area (TPSA) is 72.7 Å². The largest absolute Gasteiger partial charge is 0.353 e. The number of rotatable bonds is 4. The average molecular weight is 383 g/mol. The number of nitrogens with zero attached hydrogens (tertiary/aromatic N) is 4. The van der Waals surface area contributed by atoms with E-state index in [-0.39, 0.29) is 23.9 Å². The quantitative estimate of drug-likeness (QED) is 0.752. The average Bonchev–Trinajstić information content (AvgIpc) is 3.01. The van der Waals surface area contributed by atoms with E-state index in [1.807, 2.05) is 12.1 Å². The van der Waals surface area contributed by atoms with Crippen molar-refractivity contribution in [2.75, 3.05) is 0 Å². The number of hydrogen-bond donors (Lipinski definition) is 1. The van der Waals surface area contributed by atoms with Crippen LogP contribution in [0, 0.1) is 11.6 Å². The van der Waals surface area contributed by atoms with Crippen LogP contribution in [0.2, 0.25) is 0 Å². The summed E-state index contributed by atoms with van der Waals surface area (Å²) in [7, 11) is 0. The summed E-state index contributed by atoms with van der Waals surface area (Å²) >= 11 is 0. The fraction of sp³-hybridized carbons (Fsp3) is 0.300. The Hall–Kier alpha value is -3.16. The Balaban J connectivity index is 1.41. The second-order valence-electron chi connectivity index (χ2n) is 6.81. The van der Waals surface area contributed by atoms with Crippen molar-refractivity contribution in [1.82, 2.24) is 25.1 Å². The van der Waals surface area contributed by atoms with Gasteiger partial charge in [0.25, 0.3) is 0 Å². The third-order valence-electron chi connectivity index (χ3n) is 4.91. The van der Waals surface area contributed by atoms with Gasteiger partial charge in [0, 0.05) is 42.5 Å². The highest BCUT2D eigenvalue weighted by Gasteiger charge is 2.22. The number of amides is 1. The van der Waals surface area contributed by atoms with Gasteiger partial charge in [-0.3, -0.25) is 9.78 Å². The Labute approximate surface area is 160 Å². The number of carbonyl (C=O) groups excluding carboxylic acids is 1. The standard InChI is InChI=1S/C20H19F2N5O/c21-16-5-1-3-13(19(16)22)11-18(28)24-15-6-7-17-25-26-20(27(17)10-8-15)14-4-2-9-23-12-14/h1-5,9,12,15H,6-8,10-11H2,(H,24,28). The van der Waals surface area contributed by atoms with Gasteiger partial charge in [-0.1, -0.05) is 12.1 Å². The number of aromatic nitrogens is 4. The predicted molar refractivity (Wildman–Crippen MR) is 98.2 cm³/mol. The molecule has 0 fully saturated rings. The van der Waals surface area contributed by atoms with Gasteiger partial charge in [0.2, 0.25) is 5.91 Å². The first-order valence-electron chi connectivity index (χ1n) is 9.16. The molecule has 0 bridgehead atoms. The molecule has 1 aliphatic heterocycles. The summed E-state index contributed by atoms with van der Waals surface area (Å²) in [5, 5.41) is 11.5. The molecule has 8 heteroatoms. The molecule has 3 aromatic rings. The second kappa shape index (κ2) is 7.84. The molecule has 6 nitrogen and oxygen atoms in total. The Morgan fingerprint density at radius 3 is 2.89 bits per heavy atom. The van der Waals surface area contributed by atoms with Crippen LogP contribution in [0.5, 0.6) is 0 Å². The first-order valence-corrected chi connectivity index (χ1v) is 9.16. The van der Waals surface area contributed by atoms with Crippen LogP contribution in [0.4, 0.5) is 8.78 Å². The molecule has 0 aliphatic carbocycles. The zero-order chi connectivity index (χ0) is 19.5. The molecule has 1 atom stereocenters. The highest BCUT2D eigenvalue weighted by Crippen LogP contribution is 2.22. The third kappa shape index (κ3) is 3.76. The summed E-state index contributed by atoms with van der Waals surface area (Å²) in [5.41, 5.74) is 0.951. The molecular weight excluding hydrogens is 364 g/mol. The molecule has 28 heavy (non-hydrogen) atoms. The maximum absolute atomic E-state index is 13.8. The van der Waals surface area contributed by atoms with E-state index in [0.29, 0.717) is 25.8 Å². The maximum atomic E-state index is 13.8. The lowest BCUT2D eigenvalue weighted by Crippen LogP contribution is -2.36. The summed E-state index contributed by atoms with van der Waals surface area (Å²) in [6.07, 6.45) is 5.35. The summed E-state index contributed by atoms with van der Waals surface area (Å²) in [6, 6.07) is 7.58. The van der Waals surface area contributed by atoms with Gasteiger partial charge < -0.3 is 9.88 Å². The molecule has 1 aliphatic rings. The van der Waals surface area contributed by atoms with Crippen LogP contribution in [0.25, 0.3) is 11.4 Å². The summed E-state index contributed by atoms with van der Waals surface area (Å²) in [4.78, 5) is 16.4. The highest BCUT2D eigenvalue weighted by molar-refractivity contribution is 5.78. The number of carbonyl (C=O) groups is 1. The van der Waals surface area contributed by atoms with Gasteiger partial charge in [-0.25, -0.2) is 8.78 Å². The van der Waals surface area contributed by atoms with Crippen molar-refractivity contribution < 1.29 is 13.6 Å². The van der Waals surface area contributed by atoms with E-state index in [4.69, 9.17) is 0 Å². The normalized spacial score (nSPS) is 16.3. The first-order chi connectivity index (χ1) is 13.6. The van der Waals surface area contributed by atoms with Crippen LogP contribution in [0.3, 0.4) is 0 Å². The van der Waals surface area contributed by atoms with E-state index < -0.39 is 11.6 Å². The minimum Gasteiger partial charge on any atom is -0.353 e. The van der Waals surface area contributed by atoms with Gasteiger partial charge in [0.1, 0.15) is 5.82 Å². The number of pyridine rings is 1. The minimum atomic E-state index is -0.967. The van der Waals surface area contributed by atoms with Crippen molar-refractivity contribution in [3.8, 4) is 11.4 Å². The number of aryl methyl sites for hydroxylation is 1. The Kier molecular flexibility index (Phi) is 5.10. The fourth-order valence-electron chi connectivity index (χ4n) is 3.48. The summed E-state index contributed by atoms with van der Waals surface area (Å²) in [5.74, 6) is -0.602. The minimum absolute atomic E-state index is 0.0575. The lowest BCUT2D eigenvalue weighted by atomic mass is 10.1. The molecule has 1 N–H and O–H groups in total. The van der Waals surface area contributed by atoms with Gasteiger partial charge in [-0.15, -0.1) is 10.2 Å². The smallest absolute Gasteiger partial charge is 0.224 e. The molecule has 0 saturated carbocycles. The van der Waals surface area contributed by atoms with E-state index in [0.717, 1.165) is 23.3 Å². The van der Waals surface area contributed by atoms with E-state index in [1.54, 1.807) is 12.4 Å². The zero-order valence-electron chi connectivity index (χ0n) is 15.1. The molecule has 1 amide bonds. The van der Waals surface area contributed by atoms with Crippen LogP contribution in [0.15, 0.2) is 42.7 Å². The Morgan fingerprint density at radius 2 is 2.07 bits per heavy atom. The lowest BCUT2D eigenvalue weighted by Gasteiger charge is -2.16. The number of halogens is 2. The van der Waals surface area contributed by atoms with Gasteiger partial charge in [-0.05, 0) is 31.0 Å². The highest BCUT2D eigenvalue weighted by atomic mass is 19.2. The third-order valence-corrected chi connectivity index (χ3v) is 4.91. The van der Waals surface area contributed by atoms with E-state index in [9.17, 15) is 13.6 Å². The van der Waals surface area contributed by atoms with Crippen LogP contribution < -0.4 is 5.32 Å².